The lowest BCUT2D eigenvalue weighted by atomic mass is 9.98. The molecule has 1 heterocycles. The first kappa shape index (κ1) is 17.3. The van der Waals surface area contributed by atoms with Gasteiger partial charge in [-0.15, -0.1) is 0 Å². The first-order valence-electron chi connectivity index (χ1n) is 6.35. The van der Waals surface area contributed by atoms with Gasteiger partial charge in [-0.1, -0.05) is 0 Å². The predicted molar refractivity (Wildman–Crippen MR) is 76.6 cm³/mol. The van der Waals surface area contributed by atoms with Crippen molar-refractivity contribution in [2.24, 2.45) is 5.14 Å². The molecule has 118 valence electrons. The van der Waals surface area contributed by atoms with Crippen LogP contribution in [-0.2, 0) is 21.4 Å². The van der Waals surface area contributed by atoms with E-state index in [1.807, 2.05) is 0 Å². The van der Waals surface area contributed by atoms with E-state index in [2.05, 4.69) is 4.98 Å². The van der Waals surface area contributed by atoms with Crippen LogP contribution in [0, 0.1) is 13.8 Å². The smallest absolute Gasteiger partial charge is 0.347 e. The molecule has 0 aromatic carbocycles. The monoisotopic (exact) mass is 317 g/mol. The number of nitrogens with two attached hydrogens (primary N) is 1. The molecule has 0 saturated heterocycles. The normalized spacial score (nSPS) is 13.1. The molecule has 0 saturated carbocycles. The Balaban J connectivity index is 3.19. The first-order chi connectivity index (χ1) is 9.54. The lowest BCUT2D eigenvalue weighted by molar-refractivity contribution is -0.138. The van der Waals surface area contributed by atoms with Gasteiger partial charge in [-0.25, -0.2) is 18.4 Å². The second kappa shape index (κ2) is 6.35. The Bertz CT molecular complexity index is 708. The van der Waals surface area contributed by atoms with Gasteiger partial charge in [-0.3, -0.25) is 9.36 Å². The molecule has 21 heavy (non-hydrogen) atoms. The van der Waals surface area contributed by atoms with Gasteiger partial charge in [0.1, 0.15) is 0 Å². The van der Waals surface area contributed by atoms with Gasteiger partial charge in [0.15, 0.2) is 0 Å². The molecule has 1 aromatic heterocycles. The van der Waals surface area contributed by atoms with E-state index >= 15 is 0 Å². The van der Waals surface area contributed by atoms with Crippen LogP contribution in [0.2, 0.25) is 0 Å². The standard InChI is InChI=1S/C12H19N3O5S/c1-7(11(16)17)10-8(2)14-12(18)15(9(10)3)5-4-6-21(13,19)20/h7H,4-6H2,1-3H3,(H,16,17)(H2,13,19,20). The van der Waals surface area contributed by atoms with Crippen LogP contribution in [0.1, 0.15) is 36.2 Å². The summed E-state index contributed by atoms with van der Waals surface area (Å²) in [5.74, 6) is -2.07. The number of nitrogens with zero attached hydrogens (tertiary/aromatic N) is 2. The van der Waals surface area contributed by atoms with Crippen LogP contribution in [0.15, 0.2) is 4.79 Å². The highest BCUT2D eigenvalue weighted by molar-refractivity contribution is 7.89. The van der Waals surface area contributed by atoms with Crippen molar-refractivity contribution >= 4 is 16.0 Å². The average Bonchev–Trinajstić information content (AvgIpc) is 2.31. The number of aromatic nitrogens is 2. The number of primary sulfonamides is 1. The largest absolute Gasteiger partial charge is 0.481 e. The van der Waals surface area contributed by atoms with Crippen molar-refractivity contribution in [2.75, 3.05) is 5.75 Å². The van der Waals surface area contributed by atoms with Gasteiger partial charge < -0.3 is 5.11 Å². The van der Waals surface area contributed by atoms with Crippen LogP contribution < -0.4 is 10.8 Å². The quantitative estimate of drug-likeness (QED) is 0.742. The fraction of sp³-hybridized carbons (Fsp3) is 0.583. The van der Waals surface area contributed by atoms with Crippen molar-refractivity contribution in [3.05, 3.63) is 27.4 Å². The van der Waals surface area contributed by atoms with E-state index in [4.69, 9.17) is 10.2 Å². The molecule has 1 atom stereocenters. The molecule has 1 rings (SSSR count). The molecule has 8 nitrogen and oxygen atoms in total. The molecule has 0 radical (unpaired) electrons. The van der Waals surface area contributed by atoms with E-state index in [0.717, 1.165) is 0 Å². The SMILES string of the molecule is Cc1nc(=O)n(CCCS(N)(=O)=O)c(C)c1C(C)C(=O)O. The summed E-state index contributed by atoms with van der Waals surface area (Å²) in [6, 6.07) is 0. The van der Waals surface area contributed by atoms with E-state index in [1.54, 1.807) is 13.8 Å². The zero-order valence-electron chi connectivity index (χ0n) is 12.2. The Morgan fingerprint density at radius 3 is 2.48 bits per heavy atom. The zero-order valence-corrected chi connectivity index (χ0v) is 13.0. The lowest BCUT2D eigenvalue weighted by Gasteiger charge is -2.17. The van der Waals surface area contributed by atoms with Gasteiger partial charge in [0.25, 0.3) is 0 Å². The van der Waals surface area contributed by atoms with Crippen LogP contribution in [0.5, 0.6) is 0 Å². The number of hydrogen-bond donors (Lipinski definition) is 2. The van der Waals surface area contributed by atoms with Crippen molar-refractivity contribution in [3.63, 3.8) is 0 Å². The van der Waals surface area contributed by atoms with Crippen LogP contribution in [0.4, 0.5) is 0 Å². The molecule has 0 aliphatic carbocycles. The number of sulfonamides is 1. The molecule has 3 N–H and O–H groups in total. The maximum Gasteiger partial charge on any atom is 0.347 e. The van der Waals surface area contributed by atoms with Crippen LogP contribution in [0.25, 0.3) is 0 Å². The lowest BCUT2D eigenvalue weighted by Crippen LogP contribution is -2.30. The van der Waals surface area contributed by atoms with Crippen molar-refractivity contribution in [2.45, 2.75) is 39.7 Å². The predicted octanol–water partition coefficient (Wildman–Crippen LogP) is -0.273. The molecular formula is C12H19N3O5S. The topological polar surface area (TPSA) is 132 Å². The number of hydrogen-bond acceptors (Lipinski definition) is 5. The molecule has 0 spiro atoms. The third-order valence-electron chi connectivity index (χ3n) is 3.29. The Morgan fingerprint density at radius 2 is 2.00 bits per heavy atom. The number of aliphatic carboxylic acids is 1. The summed E-state index contributed by atoms with van der Waals surface area (Å²) in [6.45, 7) is 4.84. The van der Waals surface area contributed by atoms with Crippen molar-refractivity contribution in [1.82, 2.24) is 9.55 Å². The Labute approximate surface area is 122 Å². The van der Waals surface area contributed by atoms with Crippen molar-refractivity contribution in [3.8, 4) is 0 Å². The molecule has 1 unspecified atom stereocenters. The Morgan fingerprint density at radius 1 is 1.43 bits per heavy atom. The number of carboxylic acid groups (broad SMARTS) is 1. The minimum absolute atomic E-state index is 0.119. The average molecular weight is 317 g/mol. The van der Waals surface area contributed by atoms with Gasteiger partial charge >= 0.3 is 11.7 Å². The summed E-state index contributed by atoms with van der Waals surface area (Å²) in [4.78, 5) is 26.8. The summed E-state index contributed by atoms with van der Waals surface area (Å²) >= 11 is 0. The number of carboxylic acids is 1. The van der Waals surface area contributed by atoms with Gasteiger partial charge in [-0.05, 0) is 27.2 Å². The molecule has 0 amide bonds. The van der Waals surface area contributed by atoms with Gasteiger partial charge in [0.2, 0.25) is 10.0 Å². The summed E-state index contributed by atoms with van der Waals surface area (Å²) < 4.78 is 23.1. The molecule has 1 aromatic rings. The number of rotatable bonds is 6. The first-order valence-corrected chi connectivity index (χ1v) is 8.07. The minimum atomic E-state index is -3.60. The summed E-state index contributed by atoms with van der Waals surface area (Å²) in [6.07, 6.45) is 0.158. The summed E-state index contributed by atoms with van der Waals surface area (Å²) in [5, 5.41) is 14.0. The van der Waals surface area contributed by atoms with E-state index in [9.17, 15) is 18.0 Å². The highest BCUT2D eigenvalue weighted by Gasteiger charge is 2.22. The third kappa shape index (κ3) is 4.36. The third-order valence-corrected chi connectivity index (χ3v) is 4.15. The molecule has 0 fully saturated rings. The van der Waals surface area contributed by atoms with E-state index < -0.39 is 27.6 Å². The van der Waals surface area contributed by atoms with Crippen LogP contribution in [-0.4, -0.2) is 34.8 Å². The Kier molecular flexibility index (Phi) is 5.24. The molecule has 0 aliphatic heterocycles. The molecule has 9 heteroatoms. The van der Waals surface area contributed by atoms with Crippen LogP contribution in [0.3, 0.4) is 0 Å². The van der Waals surface area contributed by atoms with Crippen molar-refractivity contribution in [1.29, 1.82) is 0 Å². The molecule has 0 aliphatic rings. The van der Waals surface area contributed by atoms with E-state index in [-0.39, 0.29) is 18.7 Å². The second-order valence-corrected chi connectivity index (χ2v) is 6.64. The van der Waals surface area contributed by atoms with Gasteiger partial charge in [0.05, 0.1) is 11.7 Å². The highest BCUT2D eigenvalue weighted by atomic mass is 32.2. The summed E-state index contributed by atoms with van der Waals surface area (Å²) in [5.41, 5.74) is 0.797. The van der Waals surface area contributed by atoms with E-state index in [0.29, 0.717) is 17.0 Å². The second-order valence-electron chi connectivity index (χ2n) is 4.91. The zero-order chi connectivity index (χ0) is 16.4. The van der Waals surface area contributed by atoms with Crippen molar-refractivity contribution < 1.29 is 18.3 Å². The minimum Gasteiger partial charge on any atom is -0.481 e. The number of aryl methyl sites for hydroxylation is 1. The summed E-state index contributed by atoms with van der Waals surface area (Å²) in [7, 11) is -3.60. The molecular weight excluding hydrogens is 298 g/mol. The fourth-order valence-electron chi connectivity index (χ4n) is 2.25. The Hall–Kier alpha value is -1.74. The fourth-order valence-corrected chi connectivity index (χ4v) is 2.78. The van der Waals surface area contributed by atoms with Crippen LogP contribution >= 0.6 is 0 Å². The van der Waals surface area contributed by atoms with E-state index in [1.165, 1.54) is 11.5 Å². The molecule has 0 bridgehead atoms. The maximum absolute atomic E-state index is 11.9. The maximum atomic E-state index is 11.9. The van der Waals surface area contributed by atoms with Gasteiger partial charge in [0, 0.05) is 23.5 Å². The van der Waals surface area contributed by atoms with Gasteiger partial charge in [-0.2, -0.15) is 4.98 Å². The highest BCUT2D eigenvalue weighted by Crippen LogP contribution is 2.21. The number of carbonyl (C=O) groups is 1.